The van der Waals surface area contributed by atoms with Gasteiger partial charge in [-0.2, -0.15) is 0 Å². The van der Waals surface area contributed by atoms with Crippen molar-refractivity contribution in [3.63, 3.8) is 0 Å². The van der Waals surface area contributed by atoms with Crippen LogP contribution < -0.4 is 10.6 Å². The number of aromatic nitrogens is 3. The van der Waals surface area contributed by atoms with Crippen LogP contribution in [0.3, 0.4) is 0 Å². The van der Waals surface area contributed by atoms with Crippen LogP contribution in [0.15, 0.2) is 65.8 Å². The first-order valence-electron chi connectivity index (χ1n) is 11.8. The summed E-state index contributed by atoms with van der Waals surface area (Å²) in [6, 6.07) is 18.0. The highest BCUT2D eigenvalue weighted by Crippen LogP contribution is 2.29. The molecule has 0 aliphatic rings. The highest BCUT2D eigenvalue weighted by Gasteiger charge is 2.19. The van der Waals surface area contributed by atoms with Crippen LogP contribution in [0.25, 0.3) is 17.1 Å². The van der Waals surface area contributed by atoms with Gasteiger partial charge < -0.3 is 10.6 Å². The van der Waals surface area contributed by atoms with E-state index in [0.29, 0.717) is 16.5 Å². The van der Waals surface area contributed by atoms with Crippen molar-refractivity contribution >= 4 is 29.3 Å². The van der Waals surface area contributed by atoms with Crippen molar-refractivity contribution in [1.82, 2.24) is 20.1 Å². The van der Waals surface area contributed by atoms with Crippen molar-refractivity contribution in [2.45, 2.75) is 32.9 Å². The van der Waals surface area contributed by atoms with Crippen LogP contribution in [0.4, 0.5) is 10.1 Å². The molecule has 3 aromatic carbocycles. The fourth-order valence-electron chi connectivity index (χ4n) is 4.03. The van der Waals surface area contributed by atoms with Crippen molar-refractivity contribution in [3.05, 3.63) is 88.7 Å². The Kier molecular flexibility index (Phi) is 8.03. The van der Waals surface area contributed by atoms with Crippen LogP contribution >= 0.6 is 11.8 Å². The van der Waals surface area contributed by atoms with Crippen molar-refractivity contribution < 1.29 is 14.0 Å². The summed E-state index contributed by atoms with van der Waals surface area (Å²) in [7, 11) is 0. The van der Waals surface area contributed by atoms with Crippen LogP contribution in [0.2, 0.25) is 0 Å². The van der Waals surface area contributed by atoms with E-state index in [1.807, 2.05) is 64.1 Å². The van der Waals surface area contributed by atoms with Crippen LogP contribution in [-0.2, 0) is 9.59 Å². The van der Waals surface area contributed by atoms with Crippen LogP contribution in [-0.4, -0.2) is 38.9 Å². The Labute approximate surface area is 219 Å². The number of halogens is 1. The molecule has 0 bridgehead atoms. The number of thioether (sulfide) groups is 1. The molecule has 0 aliphatic carbocycles. The third kappa shape index (κ3) is 6.24. The molecule has 1 aromatic heterocycles. The van der Waals surface area contributed by atoms with Crippen molar-refractivity contribution in [2.75, 3.05) is 17.6 Å². The number of carbonyl (C=O) groups excluding carboxylic acids is 2. The molecule has 0 atom stereocenters. The summed E-state index contributed by atoms with van der Waals surface area (Å²) >= 11 is 1.16. The van der Waals surface area contributed by atoms with Gasteiger partial charge in [-0.05, 0) is 63.1 Å². The summed E-state index contributed by atoms with van der Waals surface area (Å²) in [6.07, 6.45) is 0. The van der Waals surface area contributed by atoms with Gasteiger partial charge in [0.2, 0.25) is 11.8 Å². The number of hydrogen-bond acceptors (Lipinski definition) is 5. The van der Waals surface area contributed by atoms with Gasteiger partial charge in [-0.1, -0.05) is 59.3 Å². The number of hydrogen-bond donors (Lipinski definition) is 2. The average Bonchev–Trinajstić information content (AvgIpc) is 3.28. The fraction of sp³-hybridized carbons (Fsp3) is 0.214. The van der Waals surface area contributed by atoms with Gasteiger partial charge in [-0.25, -0.2) is 4.39 Å². The predicted octanol–water partition coefficient (Wildman–Crippen LogP) is 5.15. The van der Waals surface area contributed by atoms with Gasteiger partial charge in [0.05, 0.1) is 17.9 Å². The van der Waals surface area contributed by atoms with E-state index in [0.717, 1.165) is 45.4 Å². The third-order valence-electron chi connectivity index (χ3n) is 5.76. The topological polar surface area (TPSA) is 88.9 Å². The molecule has 7 nitrogen and oxygen atoms in total. The van der Waals surface area contributed by atoms with Gasteiger partial charge in [0.1, 0.15) is 5.82 Å². The Balaban J connectivity index is 1.45. The van der Waals surface area contributed by atoms with E-state index in [-0.39, 0.29) is 24.1 Å². The summed E-state index contributed by atoms with van der Waals surface area (Å²) in [4.78, 5) is 25.0. The number of rotatable bonds is 8. The van der Waals surface area contributed by atoms with Gasteiger partial charge in [0.25, 0.3) is 0 Å². The zero-order chi connectivity index (χ0) is 26.5. The minimum atomic E-state index is -0.414. The van der Waals surface area contributed by atoms with E-state index in [2.05, 4.69) is 20.8 Å². The number of amides is 2. The molecule has 1 heterocycles. The molecule has 0 radical (unpaired) electrons. The van der Waals surface area contributed by atoms with Crippen molar-refractivity contribution in [3.8, 4) is 17.1 Å². The highest BCUT2D eigenvalue weighted by molar-refractivity contribution is 7.99. The number of aryl methyl sites for hydroxylation is 4. The molecule has 2 N–H and O–H groups in total. The first kappa shape index (κ1) is 26.1. The maximum atomic E-state index is 14.6. The molecule has 9 heteroatoms. The first-order chi connectivity index (χ1) is 17.7. The maximum absolute atomic E-state index is 14.6. The zero-order valence-electron chi connectivity index (χ0n) is 21.1. The molecule has 4 aromatic rings. The lowest BCUT2D eigenvalue weighted by molar-refractivity contribution is -0.122. The molecular formula is C28H28FN5O2S. The fourth-order valence-corrected chi connectivity index (χ4v) is 4.81. The first-order valence-corrected chi connectivity index (χ1v) is 12.8. The number of nitrogens with one attached hydrogen (secondary N) is 2. The van der Waals surface area contributed by atoms with Crippen molar-refractivity contribution in [2.24, 2.45) is 0 Å². The number of anilines is 1. The molecule has 0 unspecified atom stereocenters. The second kappa shape index (κ2) is 11.4. The second-order valence-electron chi connectivity index (χ2n) is 8.84. The second-order valence-corrected chi connectivity index (χ2v) is 9.79. The molecule has 0 saturated heterocycles. The number of nitrogens with zero attached hydrogens (tertiary/aromatic N) is 3. The van der Waals surface area contributed by atoms with E-state index in [1.54, 1.807) is 22.8 Å². The van der Waals surface area contributed by atoms with Gasteiger partial charge in [0, 0.05) is 11.4 Å². The van der Waals surface area contributed by atoms with Crippen LogP contribution in [0.5, 0.6) is 0 Å². The monoisotopic (exact) mass is 517 g/mol. The van der Waals surface area contributed by atoms with Gasteiger partial charge in [-0.3, -0.25) is 14.2 Å². The van der Waals surface area contributed by atoms with E-state index in [1.165, 1.54) is 6.07 Å². The summed E-state index contributed by atoms with van der Waals surface area (Å²) in [6.45, 7) is 7.69. The Morgan fingerprint density at radius 1 is 0.892 bits per heavy atom. The van der Waals surface area contributed by atoms with E-state index >= 15 is 0 Å². The molecular weight excluding hydrogens is 489 g/mol. The SMILES string of the molecule is Cc1ccc(-n2c(SCC(=O)NCC(=O)Nc3c(C)cc(C)cc3C)nnc2-c2ccccc2F)cc1. The Morgan fingerprint density at radius 3 is 2.24 bits per heavy atom. The van der Waals surface area contributed by atoms with Gasteiger partial charge in [-0.15, -0.1) is 10.2 Å². The zero-order valence-corrected chi connectivity index (χ0v) is 21.9. The maximum Gasteiger partial charge on any atom is 0.243 e. The summed E-state index contributed by atoms with van der Waals surface area (Å²) < 4.78 is 16.3. The predicted molar refractivity (Wildman–Crippen MR) is 145 cm³/mol. The van der Waals surface area contributed by atoms with E-state index < -0.39 is 5.82 Å². The van der Waals surface area contributed by atoms with Gasteiger partial charge in [0.15, 0.2) is 11.0 Å². The van der Waals surface area contributed by atoms with E-state index in [9.17, 15) is 14.0 Å². The Hall–Kier alpha value is -3.98. The molecule has 37 heavy (non-hydrogen) atoms. The van der Waals surface area contributed by atoms with Crippen molar-refractivity contribution in [1.29, 1.82) is 0 Å². The van der Waals surface area contributed by atoms with Crippen LogP contribution in [0, 0.1) is 33.5 Å². The summed E-state index contributed by atoms with van der Waals surface area (Å²) in [5.41, 5.74) is 5.95. The van der Waals surface area contributed by atoms with Gasteiger partial charge >= 0.3 is 0 Å². The lowest BCUT2D eigenvalue weighted by atomic mass is 10.1. The average molecular weight is 518 g/mol. The van der Waals surface area contributed by atoms with Crippen LogP contribution in [0.1, 0.15) is 22.3 Å². The Morgan fingerprint density at radius 2 is 1.57 bits per heavy atom. The molecule has 190 valence electrons. The Bertz CT molecular complexity index is 1430. The lowest BCUT2D eigenvalue weighted by Crippen LogP contribution is -2.34. The molecule has 0 fully saturated rings. The number of carbonyl (C=O) groups is 2. The van der Waals surface area contributed by atoms with E-state index in [4.69, 9.17) is 0 Å². The molecule has 0 spiro atoms. The quantitative estimate of drug-likeness (QED) is 0.316. The third-order valence-corrected chi connectivity index (χ3v) is 6.69. The molecule has 0 aliphatic heterocycles. The highest BCUT2D eigenvalue weighted by atomic mass is 32.2. The lowest BCUT2D eigenvalue weighted by Gasteiger charge is -2.13. The normalized spacial score (nSPS) is 10.8. The minimum Gasteiger partial charge on any atom is -0.346 e. The standard InChI is InChI=1S/C28H28FN5O2S/c1-17-9-11-21(12-10-17)34-27(22-7-5-6-8-23(22)29)32-33-28(34)37-16-25(36)30-15-24(35)31-26-19(3)13-18(2)14-20(26)4/h5-14H,15-16H2,1-4H3,(H,30,36)(H,31,35). The number of benzene rings is 3. The molecule has 4 rings (SSSR count). The summed E-state index contributed by atoms with van der Waals surface area (Å²) in [5, 5.41) is 14.4. The largest absolute Gasteiger partial charge is 0.346 e. The summed E-state index contributed by atoms with van der Waals surface area (Å²) in [5.74, 6) is -0.700. The smallest absolute Gasteiger partial charge is 0.243 e. The minimum absolute atomic E-state index is 0.0110. The molecule has 2 amide bonds. The molecule has 0 saturated carbocycles.